The van der Waals surface area contributed by atoms with Crippen LogP contribution in [0.3, 0.4) is 0 Å². The number of hydrogen-bond acceptors (Lipinski definition) is 5. The SMILES string of the molecule is Cl.O=C(c1ccc(F)cc1)c1csc([C@@H]2C[C@@H](OCc3ccccc3)CN2)n1. The van der Waals surface area contributed by atoms with Crippen LogP contribution in [0.15, 0.2) is 60.0 Å². The van der Waals surface area contributed by atoms with Crippen molar-refractivity contribution in [1.82, 2.24) is 10.3 Å². The lowest BCUT2D eigenvalue weighted by Crippen LogP contribution is -2.17. The summed E-state index contributed by atoms with van der Waals surface area (Å²) in [6, 6.07) is 15.7. The molecule has 0 unspecified atom stereocenters. The highest BCUT2D eigenvalue weighted by Crippen LogP contribution is 2.28. The Morgan fingerprint density at radius 3 is 2.68 bits per heavy atom. The van der Waals surface area contributed by atoms with E-state index in [1.165, 1.54) is 35.6 Å². The Balaban J connectivity index is 0.00000225. The fourth-order valence-corrected chi connectivity index (χ4v) is 3.99. The minimum absolute atomic E-state index is 0. The lowest BCUT2D eigenvalue weighted by atomic mass is 10.1. The Morgan fingerprint density at radius 1 is 1.18 bits per heavy atom. The molecule has 2 heterocycles. The summed E-state index contributed by atoms with van der Waals surface area (Å²) in [5, 5.41) is 6.07. The first-order valence-electron chi connectivity index (χ1n) is 8.83. The number of carbonyl (C=O) groups is 1. The average Bonchev–Trinajstić information content (AvgIpc) is 3.37. The van der Waals surface area contributed by atoms with Crippen molar-refractivity contribution < 1.29 is 13.9 Å². The van der Waals surface area contributed by atoms with Gasteiger partial charge in [0.1, 0.15) is 16.5 Å². The molecule has 0 aliphatic carbocycles. The molecule has 0 spiro atoms. The summed E-state index contributed by atoms with van der Waals surface area (Å²) in [5.74, 6) is -0.547. The number of aromatic nitrogens is 1. The van der Waals surface area contributed by atoms with E-state index in [1.807, 2.05) is 30.3 Å². The molecular weight excluding hydrogens is 399 g/mol. The number of ketones is 1. The molecule has 2 aromatic carbocycles. The Hall–Kier alpha value is -2.12. The molecule has 1 aliphatic heterocycles. The Kier molecular flexibility index (Phi) is 6.91. The van der Waals surface area contributed by atoms with Gasteiger partial charge in [-0.2, -0.15) is 0 Å². The zero-order chi connectivity index (χ0) is 18.6. The van der Waals surface area contributed by atoms with Crippen LogP contribution in [0.1, 0.15) is 39.1 Å². The van der Waals surface area contributed by atoms with Crippen LogP contribution >= 0.6 is 23.7 Å². The van der Waals surface area contributed by atoms with Crippen LogP contribution in [-0.4, -0.2) is 23.4 Å². The molecule has 146 valence electrons. The minimum Gasteiger partial charge on any atom is -0.372 e. The van der Waals surface area contributed by atoms with E-state index in [0.717, 1.165) is 23.5 Å². The molecular formula is C21H20ClFN2O2S. The van der Waals surface area contributed by atoms with E-state index >= 15 is 0 Å². The van der Waals surface area contributed by atoms with Crippen molar-refractivity contribution in [2.75, 3.05) is 6.54 Å². The number of thiazole rings is 1. The lowest BCUT2D eigenvalue weighted by Gasteiger charge is -2.10. The van der Waals surface area contributed by atoms with Gasteiger partial charge in [0.15, 0.2) is 0 Å². The Labute approximate surface area is 173 Å². The number of benzene rings is 2. The topological polar surface area (TPSA) is 51.2 Å². The Bertz CT molecular complexity index is 918. The summed E-state index contributed by atoms with van der Waals surface area (Å²) in [7, 11) is 0. The summed E-state index contributed by atoms with van der Waals surface area (Å²) >= 11 is 1.47. The molecule has 1 saturated heterocycles. The van der Waals surface area contributed by atoms with Crippen LogP contribution in [0.5, 0.6) is 0 Å². The van der Waals surface area contributed by atoms with Gasteiger partial charge < -0.3 is 10.1 Å². The van der Waals surface area contributed by atoms with Crippen LogP contribution in [0, 0.1) is 5.82 Å². The van der Waals surface area contributed by atoms with Gasteiger partial charge in [-0.05, 0) is 36.2 Å². The molecule has 28 heavy (non-hydrogen) atoms. The molecule has 1 aromatic heterocycles. The van der Waals surface area contributed by atoms with Gasteiger partial charge in [-0.25, -0.2) is 9.37 Å². The highest BCUT2D eigenvalue weighted by atomic mass is 35.5. The number of ether oxygens (including phenoxy) is 1. The van der Waals surface area contributed by atoms with Gasteiger partial charge in [0, 0.05) is 17.5 Å². The van der Waals surface area contributed by atoms with Gasteiger partial charge in [0.05, 0.1) is 18.8 Å². The number of hydrogen-bond donors (Lipinski definition) is 1. The molecule has 3 aromatic rings. The van der Waals surface area contributed by atoms with E-state index in [2.05, 4.69) is 10.3 Å². The molecule has 1 aliphatic rings. The van der Waals surface area contributed by atoms with Gasteiger partial charge in [0.25, 0.3) is 0 Å². The molecule has 2 atom stereocenters. The molecule has 1 N–H and O–H groups in total. The molecule has 0 bridgehead atoms. The van der Waals surface area contributed by atoms with Gasteiger partial charge >= 0.3 is 0 Å². The van der Waals surface area contributed by atoms with Crippen LogP contribution in [-0.2, 0) is 11.3 Å². The highest BCUT2D eigenvalue weighted by Gasteiger charge is 2.28. The second kappa shape index (κ2) is 9.39. The maximum Gasteiger partial charge on any atom is 0.212 e. The van der Waals surface area contributed by atoms with Gasteiger partial charge in [-0.15, -0.1) is 23.7 Å². The standard InChI is InChI=1S/C21H19FN2O2S.ClH/c22-16-8-6-15(7-9-16)20(25)19-13-27-21(24-19)18-10-17(11-23-18)26-12-14-4-2-1-3-5-14;/h1-9,13,17-18,23H,10-12H2;1H/t17-,18+;/m1./s1. The van der Waals surface area contributed by atoms with Crippen molar-refractivity contribution in [3.05, 3.63) is 87.6 Å². The fourth-order valence-electron chi connectivity index (χ4n) is 3.11. The van der Waals surface area contributed by atoms with Crippen LogP contribution in [0.4, 0.5) is 4.39 Å². The number of nitrogens with one attached hydrogen (secondary N) is 1. The quantitative estimate of drug-likeness (QED) is 0.596. The smallest absolute Gasteiger partial charge is 0.212 e. The molecule has 7 heteroatoms. The summed E-state index contributed by atoms with van der Waals surface area (Å²) < 4.78 is 19.0. The maximum absolute atomic E-state index is 13.0. The van der Waals surface area contributed by atoms with E-state index in [-0.39, 0.29) is 36.2 Å². The molecule has 1 fully saturated rings. The van der Waals surface area contributed by atoms with Crippen molar-refractivity contribution in [3.8, 4) is 0 Å². The van der Waals surface area contributed by atoms with E-state index < -0.39 is 0 Å². The largest absolute Gasteiger partial charge is 0.372 e. The second-order valence-corrected chi connectivity index (χ2v) is 7.41. The first-order chi connectivity index (χ1) is 13.2. The van der Waals surface area contributed by atoms with E-state index in [9.17, 15) is 9.18 Å². The van der Waals surface area contributed by atoms with Crippen LogP contribution < -0.4 is 5.32 Å². The number of halogens is 2. The van der Waals surface area contributed by atoms with Crippen LogP contribution in [0.25, 0.3) is 0 Å². The van der Waals surface area contributed by atoms with Crippen LogP contribution in [0.2, 0.25) is 0 Å². The Morgan fingerprint density at radius 2 is 1.93 bits per heavy atom. The molecule has 0 radical (unpaired) electrons. The summed E-state index contributed by atoms with van der Waals surface area (Å²) in [4.78, 5) is 17.0. The molecule has 4 nitrogen and oxygen atoms in total. The molecule has 4 rings (SSSR count). The first kappa shape index (κ1) is 20.6. The predicted octanol–water partition coefficient (Wildman–Crippen LogP) is 4.55. The van der Waals surface area contributed by atoms with Crippen molar-refractivity contribution in [2.24, 2.45) is 0 Å². The fraction of sp³-hybridized carbons (Fsp3) is 0.238. The first-order valence-corrected chi connectivity index (χ1v) is 9.71. The third-order valence-electron chi connectivity index (χ3n) is 4.58. The average molecular weight is 419 g/mol. The van der Waals surface area contributed by atoms with E-state index in [4.69, 9.17) is 4.74 Å². The third-order valence-corrected chi connectivity index (χ3v) is 5.54. The maximum atomic E-state index is 13.0. The van der Waals surface area contributed by atoms with E-state index in [1.54, 1.807) is 5.38 Å². The number of rotatable bonds is 6. The predicted molar refractivity (Wildman–Crippen MR) is 110 cm³/mol. The van der Waals surface area contributed by atoms with Crippen molar-refractivity contribution in [3.63, 3.8) is 0 Å². The number of nitrogens with zero attached hydrogens (tertiary/aromatic N) is 1. The van der Waals surface area contributed by atoms with Gasteiger partial charge in [-0.1, -0.05) is 30.3 Å². The number of carbonyl (C=O) groups excluding carboxylic acids is 1. The monoisotopic (exact) mass is 418 g/mol. The summed E-state index contributed by atoms with van der Waals surface area (Å²) in [5.41, 5.74) is 2.00. The zero-order valence-corrected chi connectivity index (χ0v) is 16.6. The zero-order valence-electron chi connectivity index (χ0n) is 15.0. The van der Waals surface area contributed by atoms with Crippen molar-refractivity contribution >= 4 is 29.5 Å². The van der Waals surface area contributed by atoms with Gasteiger partial charge in [0.2, 0.25) is 5.78 Å². The normalized spacial score (nSPS) is 18.6. The third kappa shape index (κ3) is 4.83. The lowest BCUT2D eigenvalue weighted by molar-refractivity contribution is 0.0525. The van der Waals surface area contributed by atoms with Gasteiger partial charge in [-0.3, -0.25) is 4.79 Å². The highest BCUT2D eigenvalue weighted by molar-refractivity contribution is 7.10. The summed E-state index contributed by atoms with van der Waals surface area (Å²) in [6.07, 6.45) is 0.945. The summed E-state index contributed by atoms with van der Waals surface area (Å²) in [6.45, 7) is 1.35. The van der Waals surface area contributed by atoms with E-state index in [0.29, 0.717) is 17.9 Å². The molecule has 0 saturated carbocycles. The second-order valence-electron chi connectivity index (χ2n) is 6.52. The minimum atomic E-state index is -0.359. The van der Waals surface area contributed by atoms with Crippen molar-refractivity contribution in [1.29, 1.82) is 0 Å². The van der Waals surface area contributed by atoms with Crippen molar-refractivity contribution in [2.45, 2.75) is 25.2 Å². The molecule has 0 amide bonds.